The number of hydrogen-bond acceptors (Lipinski definition) is 4. The maximum atomic E-state index is 13.1. The average molecular weight is 340 g/mol. The zero-order valence-electron chi connectivity index (χ0n) is 14.6. The molecule has 0 unspecified atom stereocenters. The van der Waals surface area contributed by atoms with E-state index in [4.69, 9.17) is 9.47 Å². The first-order valence-corrected chi connectivity index (χ1v) is 8.65. The molecule has 1 aromatic heterocycles. The molecule has 1 aromatic carbocycles. The van der Waals surface area contributed by atoms with E-state index in [0.29, 0.717) is 26.3 Å². The van der Waals surface area contributed by atoms with Crippen LogP contribution in [0.2, 0.25) is 0 Å². The van der Waals surface area contributed by atoms with Crippen LogP contribution in [0.1, 0.15) is 24.0 Å². The van der Waals surface area contributed by atoms with Gasteiger partial charge in [-0.15, -0.1) is 0 Å². The second-order valence-corrected chi connectivity index (χ2v) is 6.25. The first-order valence-electron chi connectivity index (χ1n) is 8.65. The second-order valence-electron chi connectivity index (χ2n) is 6.25. The Bertz CT molecular complexity index is 684. The van der Waals surface area contributed by atoms with Gasteiger partial charge in [0, 0.05) is 50.2 Å². The number of benzene rings is 1. The van der Waals surface area contributed by atoms with Crippen molar-refractivity contribution in [3.8, 4) is 5.75 Å². The molecule has 132 valence electrons. The van der Waals surface area contributed by atoms with E-state index in [1.54, 1.807) is 19.5 Å². The Hall–Kier alpha value is -2.40. The lowest BCUT2D eigenvalue weighted by atomic mass is 9.98. The summed E-state index contributed by atoms with van der Waals surface area (Å²) in [5.74, 6) is 1.03. The van der Waals surface area contributed by atoms with Gasteiger partial charge >= 0.3 is 0 Å². The molecule has 0 spiro atoms. The first-order chi connectivity index (χ1) is 12.3. The fourth-order valence-corrected chi connectivity index (χ4v) is 3.16. The van der Waals surface area contributed by atoms with Gasteiger partial charge in [-0.25, -0.2) is 0 Å². The van der Waals surface area contributed by atoms with Crippen molar-refractivity contribution in [3.63, 3.8) is 0 Å². The van der Waals surface area contributed by atoms with Crippen molar-refractivity contribution in [1.82, 2.24) is 9.88 Å². The van der Waals surface area contributed by atoms with Crippen LogP contribution in [0.15, 0.2) is 48.8 Å². The molecule has 3 rings (SSSR count). The highest BCUT2D eigenvalue weighted by molar-refractivity contribution is 5.79. The summed E-state index contributed by atoms with van der Waals surface area (Å²) in [7, 11) is 1.66. The van der Waals surface area contributed by atoms with Gasteiger partial charge in [0.05, 0.1) is 7.11 Å². The van der Waals surface area contributed by atoms with Crippen LogP contribution in [-0.2, 0) is 22.6 Å². The smallest absolute Gasteiger partial charge is 0.226 e. The molecule has 0 saturated carbocycles. The van der Waals surface area contributed by atoms with Crippen LogP contribution in [0, 0.1) is 5.92 Å². The lowest BCUT2D eigenvalue weighted by Gasteiger charge is -2.30. The molecule has 0 bridgehead atoms. The predicted molar refractivity (Wildman–Crippen MR) is 95.0 cm³/mol. The van der Waals surface area contributed by atoms with Crippen molar-refractivity contribution in [1.29, 1.82) is 0 Å². The monoisotopic (exact) mass is 340 g/mol. The minimum Gasteiger partial charge on any atom is -0.496 e. The van der Waals surface area contributed by atoms with Gasteiger partial charge in [-0.3, -0.25) is 9.78 Å². The Kier molecular flexibility index (Phi) is 6.01. The number of nitrogens with zero attached hydrogens (tertiary/aromatic N) is 2. The highest BCUT2D eigenvalue weighted by Crippen LogP contribution is 2.24. The van der Waals surface area contributed by atoms with Gasteiger partial charge in [0.25, 0.3) is 0 Å². The van der Waals surface area contributed by atoms with E-state index in [1.165, 1.54) is 0 Å². The summed E-state index contributed by atoms with van der Waals surface area (Å²) >= 11 is 0. The van der Waals surface area contributed by atoms with Gasteiger partial charge in [-0.1, -0.05) is 18.2 Å². The van der Waals surface area contributed by atoms with Crippen LogP contribution in [0.25, 0.3) is 0 Å². The third-order valence-electron chi connectivity index (χ3n) is 4.56. The summed E-state index contributed by atoms with van der Waals surface area (Å²) in [4.78, 5) is 19.1. The van der Waals surface area contributed by atoms with Crippen LogP contribution in [0.3, 0.4) is 0 Å². The zero-order valence-corrected chi connectivity index (χ0v) is 14.6. The van der Waals surface area contributed by atoms with Crippen LogP contribution in [0.5, 0.6) is 5.75 Å². The number of carbonyl (C=O) groups is 1. The van der Waals surface area contributed by atoms with E-state index < -0.39 is 0 Å². The summed E-state index contributed by atoms with van der Waals surface area (Å²) in [5, 5.41) is 0. The van der Waals surface area contributed by atoms with Crippen LogP contribution in [0.4, 0.5) is 0 Å². The van der Waals surface area contributed by atoms with Crippen molar-refractivity contribution >= 4 is 5.91 Å². The molecule has 5 nitrogen and oxygen atoms in total. The summed E-state index contributed by atoms with van der Waals surface area (Å²) < 4.78 is 10.9. The molecule has 0 aliphatic carbocycles. The molecule has 1 amide bonds. The number of ether oxygens (including phenoxy) is 2. The van der Waals surface area contributed by atoms with E-state index in [0.717, 1.165) is 29.7 Å². The summed E-state index contributed by atoms with van der Waals surface area (Å²) in [6, 6.07) is 11.8. The van der Waals surface area contributed by atoms with Crippen LogP contribution < -0.4 is 4.74 Å². The number of aromatic nitrogens is 1. The minimum atomic E-state index is 0.0327. The molecule has 2 heterocycles. The molecular formula is C20H24N2O3. The quantitative estimate of drug-likeness (QED) is 0.811. The summed E-state index contributed by atoms with van der Waals surface area (Å²) in [5.41, 5.74) is 2.09. The molecule has 1 aliphatic rings. The van der Waals surface area contributed by atoms with E-state index in [-0.39, 0.29) is 11.8 Å². The maximum absolute atomic E-state index is 13.1. The van der Waals surface area contributed by atoms with E-state index >= 15 is 0 Å². The van der Waals surface area contributed by atoms with Crippen molar-refractivity contribution in [2.24, 2.45) is 5.92 Å². The summed E-state index contributed by atoms with van der Waals surface area (Å²) in [6.45, 7) is 2.42. The van der Waals surface area contributed by atoms with E-state index in [1.807, 2.05) is 41.3 Å². The largest absolute Gasteiger partial charge is 0.496 e. The Morgan fingerprint density at radius 2 is 1.88 bits per heavy atom. The predicted octanol–water partition coefficient (Wildman–Crippen LogP) is 3.05. The average Bonchev–Trinajstić information content (AvgIpc) is 2.69. The standard InChI is InChI=1S/C20H24N2O3/c1-24-19-5-3-2-4-18(19)15-22(14-16-6-10-21-11-7-16)20(23)17-8-12-25-13-9-17/h2-7,10-11,17H,8-9,12-15H2,1H3. The fourth-order valence-electron chi connectivity index (χ4n) is 3.16. The number of para-hydroxylation sites is 1. The van der Waals surface area contributed by atoms with Gasteiger partial charge in [0.15, 0.2) is 0 Å². The molecule has 0 radical (unpaired) electrons. The number of pyridine rings is 1. The lowest BCUT2D eigenvalue weighted by Crippen LogP contribution is -2.37. The number of amides is 1. The molecule has 1 saturated heterocycles. The van der Waals surface area contributed by atoms with Gasteiger partial charge < -0.3 is 14.4 Å². The number of rotatable bonds is 6. The molecule has 0 N–H and O–H groups in total. The van der Waals surface area contributed by atoms with Crippen LogP contribution >= 0.6 is 0 Å². The Morgan fingerprint density at radius 3 is 2.60 bits per heavy atom. The molecule has 1 fully saturated rings. The van der Waals surface area contributed by atoms with Gasteiger partial charge in [0.2, 0.25) is 5.91 Å². The Balaban J connectivity index is 1.81. The van der Waals surface area contributed by atoms with Crippen molar-refractivity contribution < 1.29 is 14.3 Å². The molecule has 2 aromatic rings. The third-order valence-corrected chi connectivity index (χ3v) is 4.56. The zero-order chi connectivity index (χ0) is 17.5. The Morgan fingerprint density at radius 1 is 1.16 bits per heavy atom. The second kappa shape index (κ2) is 8.62. The molecule has 1 aliphatic heterocycles. The van der Waals surface area contributed by atoms with Crippen molar-refractivity contribution in [2.75, 3.05) is 20.3 Å². The topological polar surface area (TPSA) is 51.7 Å². The SMILES string of the molecule is COc1ccccc1CN(Cc1ccncc1)C(=O)C1CCOCC1. The maximum Gasteiger partial charge on any atom is 0.226 e. The number of methoxy groups -OCH3 is 1. The number of hydrogen-bond donors (Lipinski definition) is 0. The molecular weight excluding hydrogens is 316 g/mol. The third kappa shape index (κ3) is 4.57. The molecule has 0 atom stereocenters. The fraction of sp³-hybridized carbons (Fsp3) is 0.400. The molecule has 5 heteroatoms. The highest BCUT2D eigenvalue weighted by atomic mass is 16.5. The first kappa shape index (κ1) is 17.4. The van der Waals surface area contributed by atoms with E-state index in [9.17, 15) is 4.79 Å². The van der Waals surface area contributed by atoms with Gasteiger partial charge in [-0.2, -0.15) is 0 Å². The van der Waals surface area contributed by atoms with E-state index in [2.05, 4.69) is 4.98 Å². The van der Waals surface area contributed by atoms with Crippen molar-refractivity contribution in [3.05, 3.63) is 59.9 Å². The van der Waals surface area contributed by atoms with Crippen molar-refractivity contribution in [2.45, 2.75) is 25.9 Å². The number of carbonyl (C=O) groups excluding carboxylic acids is 1. The highest BCUT2D eigenvalue weighted by Gasteiger charge is 2.27. The minimum absolute atomic E-state index is 0.0327. The van der Waals surface area contributed by atoms with Gasteiger partial charge in [0.1, 0.15) is 5.75 Å². The lowest BCUT2D eigenvalue weighted by molar-refractivity contribution is -0.139. The van der Waals surface area contributed by atoms with Gasteiger partial charge in [-0.05, 0) is 36.6 Å². The Labute approximate surface area is 148 Å². The van der Waals surface area contributed by atoms with Crippen LogP contribution in [-0.4, -0.2) is 36.1 Å². The normalized spacial score (nSPS) is 14.9. The molecule has 25 heavy (non-hydrogen) atoms. The summed E-state index contributed by atoms with van der Waals surface area (Å²) in [6.07, 6.45) is 5.10.